The lowest BCUT2D eigenvalue weighted by atomic mass is 10.1. The molecule has 0 atom stereocenters. The largest absolute Gasteiger partial charge is 0.301 e. The van der Waals surface area contributed by atoms with Gasteiger partial charge < -0.3 is 17.2 Å². The third-order valence-electron chi connectivity index (χ3n) is 1.46. The molecule has 3 heteroatoms. The molecule has 0 aliphatic rings. The Morgan fingerprint density at radius 2 is 1.82 bits per heavy atom. The van der Waals surface area contributed by atoms with E-state index in [9.17, 15) is 0 Å². The molecule has 0 saturated carbocycles. The SMILES string of the molecule is C=C(C)CCCCC(N)(N)N. The van der Waals surface area contributed by atoms with Gasteiger partial charge in [0.05, 0.1) is 0 Å². The fraction of sp³-hybridized carbons (Fsp3) is 0.750. The van der Waals surface area contributed by atoms with Gasteiger partial charge in [-0.1, -0.05) is 5.57 Å². The van der Waals surface area contributed by atoms with Crippen LogP contribution in [0.15, 0.2) is 12.2 Å². The van der Waals surface area contributed by atoms with E-state index in [-0.39, 0.29) is 0 Å². The molecular weight excluding hydrogens is 138 g/mol. The number of hydrogen-bond acceptors (Lipinski definition) is 3. The summed E-state index contributed by atoms with van der Waals surface area (Å²) in [5.41, 5.74) is 17.4. The van der Waals surface area contributed by atoms with Crippen LogP contribution in [0.5, 0.6) is 0 Å². The van der Waals surface area contributed by atoms with Crippen LogP contribution < -0.4 is 17.2 Å². The van der Waals surface area contributed by atoms with Crippen molar-refractivity contribution in [2.45, 2.75) is 38.4 Å². The van der Waals surface area contributed by atoms with Crippen molar-refractivity contribution in [2.75, 3.05) is 0 Å². The van der Waals surface area contributed by atoms with Crippen molar-refractivity contribution in [3.8, 4) is 0 Å². The quantitative estimate of drug-likeness (QED) is 0.311. The first-order valence-electron chi connectivity index (χ1n) is 3.93. The van der Waals surface area contributed by atoms with Crippen molar-refractivity contribution < 1.29 is 0 Å². The van der Waals surface area contributed by atoms with Crippen LogP contribution >= 0.6 is 0 Å². The minimum absolute atomic E-state index is 0.667. The van der Waals surface area contributed by atoms with Crippen LogP contribution in [-0.2, 0) is 0 Å². The second-order valence-corrected chi connectivity index (χ2v) is 3.28. The molecule has 0 saturated heterocycles. The fourth-order valence-corrected chi connectivity index (χ4v) is 0.858. The Labute approximate surface area is 68.6 Å². The molecule has 0 unspecified atom stereocenters. The monoisotopic (exact) mass is 157 g/mol. The summed E-state index contributed by atoms with van der Waals surface area (Å²) in [6.45, 7) is 5.81. The highest BCUT2D eigenvalue weighted by atomic mass is 15.1. The minimum atomic E-state index is -0.991. The second-order valence-electron chi connectivity index (χ2n) is 3.28. The van der Waals surface area contributed by atoms with Crippen molar-refractivity contribution in [3.05, 3.63) is 12.2 Å². The summed E-state index contributed by atoms with van der Waals surface area (Å²) < 4.78 is 0. The maximum atomic E-state index is 5.39. The van der Waals surface area contributed by atoms with E-state index >= 15 is 0 Å². The summed E-state index contributed by atoms with van der Waals surface area (Å²) in [5.74, 6) is -0.991. The van der Waals surface area contributed by atoms with Crippen LogP contribution in [0.1, 0.15) is 32.6 Å². The van der Waals surface area contributed by atoms with Crippen LogP contribution in [0.25, 0.3) is 0 Å². The molecule has 0 aromatic rings. The summed E-state index contributed by atoms with van der Waals surface area (Å²) in [4.78, 5) is 0. The third-order valence-corrected chi connectivity index (χ3v) is 1.46. The van der Waals surface area contributed by atoms with Crippen molar-refractivity contribution in [2.24, 2.45) is 17.2 Å². The van der Waals surface area contributed by atoms with E-state index in [1.807, 2.05) is 6.92 Å². The summed E-state index contributed by atoms with van der Waals surface area (Å²) >= 11 is 0. The van der Waals surface area contributed by atoms with Gasteiger partial charge in [0.15, 0.2) is 0 Å². The maximum absolute atomic E-state index is 5.39. The molecule has 0 aliphatic carbocycles. The predicted molar refractivity (Wildman–Crippen MR) is 48.6 cm³/mol. The fourth-order valence-electron chi connectivity index (χ4n) is 0.858. The van der Waals surface area contributed by atoms with Gasteiger partial charge in [0.1, 0.15) is 5.79 Å². The second kappa shape index (κ2) is 4.49. The summed E-state index contributed by atoms with van der Waals surface area (Å²) in [6.07, 6.45) is 3.75. The van der Waals surface area contributed by atoms with Gasteiger partial charge in [-0.2, -0.15) is 0 Å². The third kappa shape index (κ3) is 9.62. The molecule has 0 heterocycles. The van der Waals surface area contributed by atoms with Crippen molar-refractivity contribution in [3.63, 3.8) is 0 Å². The predicted octanol–water partition coefficient (Wildman–Crippen LogP) is 0.653. The number of nitrogens with two attached hydrogens (primary N) is 3. The van der Waals surface area contributed by atoms with Gasteiger partial charge >= 0.3 is 0 Å². The molecule has 0 spiro atoms. The van der Waals surface area contributed by atoms with Gasteiger partial charge in [-0.15, -0.1) is 6.58 Å². The molecule has 11 heavy (non-hydrogen) atoms. The molecule has 0 aromatic heterocycles. The molecule has 66 valence electrons. The molecule has 0 bridgehead atoms. The average Bonchev–Trinajstić information content (AvgIpc) is 1.78. The van der Waals surface area contributed by atoms with Gasteiger partial charge in [0.25, 0.3) is 0 Å². The smallest absolute Gasteiger partial charge is 0.115 e. The highest BCUT2D eigenvalue weighted by Gasteiger charge is 2.09. The van der Waals surface area contributed by atoms with Crippen molar-refractivity contribution in [1.82, 2.24) is 0 Å². The number of hydrogen-bond donors (Lipinski definition) is 3. The Hall–Kier alpha value is -0.380. The van der Waals surface area contributed by atoms with Crippen LogP contribution in [0.2, 0.25) is 0 Å². The van der Waals surface area contributed by atoms with E-state index < -0.39 is 5.79 Å². The molecule has 0 aliphatic heterocycles. The lowest BCUT2D eigenvalue weighted by Crippen LogP contribution is -2.57. The standard InChI is InChI=1S/C8H19N3/c1-7(2)5-3-4-6-8(9,10)11/h1,3-6,9-11H2,2H3. The Morgan fingerprint density at radius 3 is 2.18 bits per heavy atom. The highest BCUT2D eigenvalue weighted by molar-refractivity contribution is 4.87. The highest BCUT2D eigenvalue weighted by Crippen LogP contribution is 2.07. The van der Waals surface area contributed by atoms with Gasteiger partial charge in [-0.25, -0.2) is 0 Å². The molecule has 3 nitrogen and oxygen atoms in total. The summed E-state index contributed by atoms with van der Waals surface area (Å²) in [5, 5.41) is 0. The Bertz CT molecular complexity index is 124. The van der Waals surface area contributed by atoms with E-state index in [1.54, 1.807) is 0 Å². The van der Waals surface area contributed by atoms with Gasteiger partial charge in [0, 0.05) is 0 Å². The first-order chi connectivity index (χ1) is 4.92. The van der Waals surface area contributed by atoms with E-state index in [2.05, 4.69) is 6.58 Å². The van der Waals surface area contributed by atoms with Crippen molar-refractivity contribution >= 4 is 0 Å². The van der Waals surface area contributed by atoms with Gasteiger partial charge in [-0.3, -0.25) is 0 Å². The number of allylic oxidation sites excluding steroid dienone is 1. The first kappa shape index (κ1) is 10.6. The molecule has 0 radical (unpaired) electrons. The number of rotatable bonds is 5. The Balaban J connectivity index is 3.22. The first-order valence-corrected chi connectivity index (χ1v) is 3.93. The van der Waals surface area contributed by atoms with Gasteiger partial charge in [0.2, 0.25) is 0 Å². The molecule has 0 fully saturated rings. The van der Waals surface area contributed by atoms with Crippen molar-refractivity contribution in [1.29, 1.82) is 0 Å². The zero-order chi connectivity index (χ0) is 8.91. The van der Waals surface area contributed by atoms with Crippen LogP contribution in [0, 0.1) is 0 Å². The van der Waals surface area contributed by atoms with Crippen LogP contribution in [-0.4, -0.2) is 5.79 Å². The molecule has 6 N–H and O–H groups in total. The zero-order valence-electron chi connectivity index (χ0n) is 7.27. The summed E-state index contributed by atoms with van der Waals surface area (Å²) in [6, 6.07) is 0. The normalized spacial score (nSPS) is 11.6. The Kier molecular flexibility index (Phi) is 4.33. The van der Waals surface area contributed by atoms with Gasteiger partial charge in [-0.05, 0) is 32.6 Å². The topological polar surface area (TPSA) is 78.1 Å². The lowest BCUT2D eigenvalue weighted by molar-refractivity contribution is 0.405. The van der Waals surface area contributed by atoms with E-state index in [4.69, 9.17) is 17.2 Å². The zero-order valence-corrected chi connectivity index (χ0v) is 7.27. The van der Waals surface area contributed by atoms with Crippen LogP contribution in [0.3, 0.4) is 0 Å². The lowest BCUT2D eigenvalue weighted by Gasteiger charge is -2.17. The van der Waals surface area contributed by atoms with Crippen LogP contribution in [0.4, 0.5) is 0 Å². The van der Waals surface area contributed by atoms with E-state index in [0.717, 1.165) is 19.3 Å². The number of unbranched alkanes of at least 4 members (excludes halogenated alkanes) is 1. The molecule has 0 rings (SSSR count). The molecule has 0 aromatic carbocycles. The van der Waals surface area contributed by atoms with E-state index in [0.29, 0.717) is 6.42 Å². The summed E-state index contributed by atoms with van der Waals surface area (Å²) in [7, 11) is 0. The average molecular weight is 157 g/mol. The van der Waals surface area contributed by atoms with E-state index in [1.165, 1.54) is 5.57 Å². The Morgan fingerprint density at radius 1 is 1.27 bits per heavy atom. The molecular formula is C8H19N3. The minimum Gasteiger partial charge on any atom is -0.301 e. The molecule has 0 amide bonds. The maximum Gasteiger partial charge on any atom is 0.115 e.